The van der Waals surface area contributed by atoms with Crippen molar-refractivity contribution in [2.24, 2.45) is 0 Å². The maximum absolute atomic E-state index is 12.4. The Labute approximate surface area is 122 Å². The van der Waals surface area contributed by atoms with Crippen molar-refractivity contribution in [3.63, 3.8) is 0 Å². The summed E-state index contributed by atoms with van der Waals surface area (Å²) >= 11 is 0. The molecule has 5 nitrogen and oxygen atoms in total. The van der Waals surface area contributed by atoms with Gasteiger partial charge in [-0.2, -0.15) is 17.5 Å². The minimum absolute atomic E-state index is 0.00484. The number of hydrogen-bond donors (Lipinski definition) is 1. The molecule has 0 aliphatic rings. The first kappa shape index (κ1) is 18.0. The summed E-state index contributed by atoms with van der Waals surface area (Å²) in [4.78, 5) is -0.131. The molecule has 0 bridgehead atoms. The second-order valence-corrected chi connectivity index (χ2v) is 7.12. The van der Waals surface area contributed by atoms with Crippen LogP contribution in [0.25, 0.3) is 0 Å². The SMILES string of the molecule is CNCc1cc(S(=O)(=O)N(C)CC(F)(F)F)cn1C(C)C. The molecule has 1 rings (SSSR count). The molecule has 0 aromatic carbocycles. The molecule has 0 aliphatic carbocycles. The topological polar surface area (TPSA) is 54.3 Å². The van der Waals surface area contributed by atoms with E-state index in [9.17, 15) is 21.6 Å². The fraction of sp³-hybridized carbons (Fsp3) is 0.667. The van der Waals surface area contributed by atoms with Crippen molar-refractivity contribution in [3.8, 4) is 0 Å². The first-order valence-corrected chi connectivity index (χ1v) is 7.81. The van der Waals surface area contributed by atoms with Crippen LogP contribution < -0.4 is 5.32 Å². The Morgan fingerprint density at radius 3 is 2.38 bits per heavy atom. The number of nitrogens with zero attached hydrogens (tertiary/aromatic N) is 2. The second kappa shape index (κ2) is 6.37. The largest absolute Gasteiger partial charge is 0.402 e. The van der Waals surface area contributed by atoms with Crippen molar-refractivity contribution in [3.05, 3.63) is 18.0 Å². The Morgan fingerprint density at radius 1 is 1.38 bits per heavy atom. The highest BCUT2D eigenvalue weighted by Gasteiger charge is 2.35. The van der Waals surface area contributed by atoms with Crippen LogP contribution in [0.1, 0.15) is 25.6 Å². The highest BCUT2D eigenvalue weighted by molar-refractivity contribution is 7.89. The number of sulfonamides is 1. The van der Waals surface area contributed by atoms with E-state index in [1.165, 1.54) is 12.3 Å². The summed E-state index contributed by atoms with van der Waals surface area (Å²) in [6.45, 7) is 2.66. The molecule has 0 amide bonds. The molecule has 0 saturated carbocycles. The van der Waals surface area contributed by atoms with Crippen molar-refractivity contribution >= 4 is 10.0 Å². The van der Waals surface area contributed by atoms with Gasteiger partial charge in [-0.1, -0.05) is 0 Å². The standard InChI is InChI=1S/C12H20F3N3O2S/c1-9(2)18-7-11(5-10(18)6-16-3)21(19,20)17(4)8-12(13,14)15/h5,7,9,16H,6,8H2,1-4H3. The molecule has 9 heteroatoms. The van der Waals surface area contributed by atoms with Gasteiger partial charge < -0.3 is 9.88 Å². The summed E-state index contributed by atoms with van der Waals surface area (Å²) in [6, 6.07) is 1.41. The molecule has 1 heterocycles. The first-order chi connectivity index (χ1) is 9.49. The second-order valence-electron chi connectivity index (χ2n) is 5.07. The summed E-state index contributed by atoms with van der Waals surface area (Å²) in [5, 5.41) is 2.90. The van der Waals surface area contributed by atoms with Gasteiger partial charge in [0.2, 0.25) is 10.0 Å². The number of rotatable bonds is 6. The van der Waals surface area contributed by atoms with Crippen LogP contribution in [0.2, 0.25) is 0 Å². The molecule has 0 spiro atoms. The predicted molar refractivity (Wildman–Crippen MR) is 73.5 cm³/mol. The zero-order valence-electron chi connectivity index (χ0n) is 12.4. The molecule has 0 atom stereocenters. The van der Waals surface area contributed by atoms with Crippen LogP contribution in [0.15, 0.2) is 17.2 Å². The van der Waals surface area contributed by atoms with Gasteiger partial charge in [-0.25, -0.2) is 8.42 Å². The van der Waals surface area contributed by atoms with Crippen molar-refractivity contribution in [2.45, 2.75) is 37.5 Å². The summed E-state index contributed by atoms with van der Waals surface area (Å²) in [5.41, 5.74) is 0.700. The van der Waals surface area contributed by atoms with Gasteiger partial charge in [0, 0.05) is 31.5 Å². The van der Waals surface area contributed by atoms with E-state index in [1.54, 1.807) is 11.6 Å². The van der Waals surface area contributed by atoms with Crippen LogP contribution in [0, 0.1) is 0 Å². The molecule has 0 radical (unpaired) electrons. The summed E-state index contributed by atoms with van der Waals surface area (Å²) < 4.78 is 63.5. The molecule has 1 N–H and O–H groups in total. The normalized spacial score (nSPS) is 13.4. The molecule has 21 heavy (non-hydrogen) atoms. The number of halogens is 3. The van der Waals surface area contributed by atoms with Crippen LogP contribution in [0.3, 0.4) is 0 Å². The predicted octanol–water partition coefficient (Wildman–Crippen LogP) is 1.97. The van der Waals surface area contributed by atoms with Crippen molar-refractivity contribution < 1.29 is 21.6 Å². The van der Waals surface area contributed by atoms with Gasteiger partial charge >= 0.3 is 6.18 Å². The third kappa shape index (κ3) is 4.45. The Bertz CT molecular complexity index is 579. The molecule has 0 unspecified atom stereocenters. The lowest BCUT2D eigenvalue weighted by Gasteiger charge is -2.18. The maximum Gasteiger partial charge on any atom is 0.402 e. The van der Waals surface area contributed by atoms with E-state index >= 15 is 0 Å². The molecular weight excluding hydrogens is 307 g/mol. The van der Waals surface area contributed by atoms with Gasteiger partial charge in [0.1, 0.15) is 11.4 Å². The first-order valence-electron chi connectivity index (χ1n) is 6.37. The van der Waals surface area contributed by atoms with E-state index in [0.29, 0.717) is 16.5 Å². The van der Waals surface area contributed by atoms with Gasteiger partial charge in [0.05, 0.1) is 0 Å². The number of hydrogen-bond acceptors (Lipinski definition) is 3. The third-order valence-electron chi connectivity index (χ3n) is 2.93. The third-order valence-corrected chi connectivity index (χ3v) is 4.70. The van der Waals surface area contributed by atoms with Crippen molar-refractivity contribution in [1.82, 2.24) is 14.2 Å². The highest BCUT2D eigenvalue weighted by atomic mass is 32.2. The monoisotopic (exact) mass is 327 g/mol. The molecule has 1 aromatic rings. The fourth-order valence-corrected chi connectivity index (χ4v) is 3.17. The minimum Gasteiger partial charge on any atom is -0.346 e. The molecule has 122 valence electrons. The van der Waals surface area contributed by atoms with Gasteiger partial charge in [0.25, 0.3) is 0 Å². The Hall–Kier alpha value is -1.06. The lowest BCUT2D eigenvalue weighted by atomic mass is 10.3. The summed E-state index contributed by atoms with van der Waals surface area (Å²) in [7, 11) is -1.53. The Balaban J connectivity index is 3.17. The smallest absolute Gasteiger partial charge is 0.346 e. The molecule has 1 aromatic heterocycles. The van der Waals surface area contributed by atoms with Crippen LogP contribution in [0.4, 0.5) is 13.2 Å². The van der Waals surface area contributed by atoms with Crippen LogP contribution in [-0.4, -0.2) is 44.1 Å². The number of aromatic nitrogens is 1. The van der Waals surface area contributed by atoms with Gasteiger partial charge in [0.15, 0.2) is 0 Å². The number of nitrogens with one attached hydrogen (secondary N) is 1. The average molecular weight is 327 g/mol. The van der Waals surface area contributed by atoms with Crippen molar-refractivity contribution in [1.29, 1.82) is 0 Å². The quantitative estimate of drug-likeness (QED) is 0.869. The van der Waals surface area contributed by atoms with Crippen LogP contribution in [0.5, 0.6) is 0 Å². The summed E-state index contributed by atoms with van der Waals surface area (Å²) in [6.07, 6.45) is -3.20. The van der Waals surface area contributed by atoms with Crippen molar-refractivity contribution in [2.75, 3.05) is 20.6 Å². The lowest BCUT2D eigenvalue weighted by Crippen LogP contribution is -2.35. The Kier molecular flexibility index (Phi) is 5.46. The van der Waals surface area contributed by atoms with E-state index in [-0.39, 0.29) is 10.9 Å². The van der Waals surface area contributed by atoms with E-state index in [0.717, 1.165) is 7.05 Å². The summed E-state index contributed by atoms with van der Waals surface area (Å²) in [5.74, 6) is 0. The minimum atomic E-state index is -4.57. The zero-order chi connectivity index (χ0) is 16.4. The maximum atomic E-state index is 12.4. The fourth-order valence-electron chi connectivity index (χ4n) is 1.96. The van der Waals surface area contributed by atoms with Gasteiger partial charge in [-0.15, -0.1) is 0 Å². The Morgan fingerprint density at radius 2 is 1.95 bits per heavy atom. The highest BCUT2D eigenvalue weighted by Crippen LogP contribution is 2.24. The molecule has 0 fully saturated rings. The van der Waals surface area contributed by atoms with E-state index in [1.807, 2.05) is 13.8 Å². The zero-order valence-corrected chi connectivity index (χ0v) is 13.2. The van der Waals surface area contributed by atoms with E-state index in [2.05, 4.69) is 5.32 Å². The van der Waals surface area contributed by atoms with E-state index < -0.39 is 22.7 Å². The van der Waals surface area contributed by atoms with Gasteiger partial charge in [-0.05, 0) is 27.0 Å². The molecular formula is C12H20F3N3O2S. The lowest BCUT2D eigenvalue weighted by molar-refractivity contribution is -0.134. The molecule has 0 saturated heterocycles. The van der Waals surface area contributed by atoms with Crippen LogP contribution in [-0.2, 0) is 16.6 Å². The van der Waals surface area contributed by atoms with Gasteiger partial charge in [-0.3, -0.25) is 0 Å². The van der Waals surface area contributed by atoms with Crippen LogP contribution >= 0.6 is 0 Å². The average Bonchev–Trinajstić information content (AvgIpc) is 2.72. The van der Waals surface area contributed by atoms with E-state index in [4.69, 9.17) is 0 Å². The number of alkyl halides is 3. The molecule has 0 aliphatic heterocycles.